The normalized spacial score (nSPS) is 27.1. The first-order valence-corrected chi connectivity index (χ1v) is 11.6. The molecule has 0 aliphatic carbocycles. The molecule has 2 aliphatic rings. The van der Waals surface area contributed by atoms with Crippen LogP contribution in [0, 0.1) is 8.99 Å². The number of nitrogens with one attached hydrogen (secondary N) is 1. The Hall–Kier alpha value is -1.52. The molecule has 2 fully saturated rings. The summed E-state index contributed by atoms with van der Waals surface area (Å²) in [5.41, 5.74) is -0.618. The van der Waals surface area contributed by atoms with Crippen LogP contribution in [0.15, 0.2) is 24.3 Å². The number of carbonyl (C=O) groups excluding carboxylic acids is 2. The average molecular weight is 528 g/mol. The first-order chi connectivity index (χ1) is 14.4. The number of morpholine rings is 1. The molecular weight excluding hydrogens is 499 g/mol. The van der Waals surface area contributed by atoms with E-state index in [1.807, 2.05) is 31.2 Å². The summed E-state index contributed by atoms with van der Waals surface area (Å²) in [7, 11) is 0. The fourth-order valence-corrected chi connectivity index (χ4v) is 4.76. The van der Waals surface area contributed by atoms with Crippen molar-refractivity contribution in [1.82, 2.24) is 10.2 Å². The van der Waals surface area contributed by atoms with Gasteiger partial charge in [0.1, 0.15) is 0 Å². The molecule has 2 aliphatic heterocycles. The van der Waals surface area contributed by atoms with Crippen LogP contribution in [0.2, 0.25) is 0 Å². The summed E-state index contributed by atoms with van der Waals surface area (Å²) in [4.78, 5) is 40.1. The minimum atomic E-state index is -1.64. The Kier molecular flexibility index (Phi) is 7.86. The maximum absolute atomic E-state index is 13.2. The highest BCUT2D eigenvalue weighted by Crippen LogP contribution is 2.39. The quantitative estimate of drug-likeness (QED) is 0.417. The van der Waals surface area contributed by atoms with Crippen molar-refractivity contribution in [3.05, 3.63) is 33.4 Å². The fourth-order valence-electron chi connectivity index (χ4n) is 4.40. The van der Waals surface area contributed by atoms with Crippen molar-refractivity contribution in [2.75, 3.05) is 26.2 Å². The van der Waals surface area contributed by atoms with Gasteiger partial charge in [-0.25, -0.2) is 0 Å². The molecule has 8 heteroatoms. The van der Waals surface area contributed by atoms with Gasteiger partial charge in [-0.2, -0.15) is 0 Å². The second-order valence-electron chi connectivity index (χ2n) is 8.08. The van der Waals surface area contributed by atoms with Gasteiger partial charge < -0.3 is 20.1 Å². The number of ketones is 1. The van der Waals surface area contributed by atoms with E-state index in [0.717, 1.165) is 22.0 Å². The lowest BCUT2D eigenvalue weighted by Gasteiger charge is -2.47. The Labute approximate surface area is 190 Å². The number of piperidine rings is 1. The van der Waals surface area contributed by atoms with Gasteiger partial charge in [-0.3, -0.25) is 14.4 Å². The monoisotopic (exact) mass is 528 g/mol. The number of unbranched alkanes of at least 4 members (excludes halogenated alkanes) is 1. The lowest BCUT2D eigenvalue weighted by Crippen LogP contribution is -2.65. The molecule has 3 rings (SSSR count). The maximum atomic E-state index is 13.2. The van der Waals surface area contributed by atoms with Crippen LogP contribution in [0.4, 0.5) is 0 Å². The highest BCUT2D eigenvalue weighted by atomic mass is 127. The molecule has 164 valence electrons. The third kappa shape index (κ3) is 4.86. The van der Waals surface area contributed by atoms with Gasteiger partial charge in [0.15, 0.2) is 11.2 Å². The number of halogens is 1. The number of hydrogen-bond donors (Lipinski definition) is 2. The second-order valence-corrected chi connectivity index (χ2v) is 9.32. The molecule has 3 unspecified atom stereocenters. The van der Waals surface area contributed by atoms with Crippen LogP contribution in [0.25, 0.3) is 0 Å². The third-order valence-corrected chi connectivity index (χ3v) is 6.84. The number of ether oxygens (including phenoxy) is 1. The molecule has 2 N–H and O–H groups in total. The topological polar surface area (TPSA) is 95.9 Å². The molecule has 1 aromatic carbocycles. The molecule has 0 bridgehead atoms. The van der Waals surface area contributed by atoms with Gasteiger partial charge in [0, 0.05) is 29.1 Å². The first-order valence-electron chi connectivity index (χ1n) is 10.5. The molecule has 2 heterocycles. The lowest BCUT2D eigenvalue weighted by atomic mass is 9.68. The zero-order valence-corrected chi connectivity index (χ0v) is 19.4. The molecule has 0 radical (unpaired) electrons. The third-order valence-electron chi connectivity index (χ3n) is 6.12. The average Bonchev–Trinajstić information content (AvgIpc) is 2.75. The number of Topliss-reactive ketones (excluding diaryl/α,β-unsaturated/α-hetero) is 1. The van der Waals surface area contributed by atoms with Crippen LogP contribution in [-0.4, -0.2) is 66.1 Å². The number of nitrogens with zero attached hydrogens (tertiary/aromatic N) is 1. The Morgan fingerprint density at radius 2 is 2.07 bits per heavy atom. The van der Waals surface area contributed by atoms with E-state index in [2.05, 4.69) is 27.9 Å². The highest BCUT2D eigenvalue weighted by molar-refractivity contribution is 14.1. The number of carboxylic acids is 1. The van der Waals surface area contributed by atoms with Crippen molar-refractivity contribution >= 4 is 40.3 Å². The van der Waals surface area contributed by atoms with Crippen LogP contribution in [-0.2, 0) is 25.5 Å². The second kappa shape index (κ2) is 10.2. The van der Waals surface area contributed by atoms with Gasteiger partial charge in [0.2, 0.25) is 5.91 Å². The van der Waals surface area contributed by atoms with Crippen LogP contribution in [0.3, 0.4) is 0 Å². The summed E-state index contributed by atoms with van der Waals surface area (Å²) in [6.07, 6.45) is 1.85. The van der Waals surface area contributed by atoms with Crippen LogP contribution in [0.5, 0.6) is 0 Å². The molecular formula is C22H29IN2O5. The molecule has 2 saturated heterocycles. The number of rotatable bonds is 7. The number of benzene rings is 1. The largest absolute Gasteiger partial charge is 0.480 e. The zero-order valence-electron chi connectivity index (χ0n) is 17.2. The predicted octanol–water partition coefficient (Wildman–Crippen LogP) is 2.25. The molecule has 1 aromatic rings. The van der Waals surface area contributed by atoms with E-state index >= 15 is 0 Å². The minimum Gasteiger partial charge on any atom is -0.480 e. The van der Waals surface area contributed by atoms with Gasteiger partial charge >= 0.3 is 5.97 Å². The fraction of sp³-hybridized carbons (Fsp3) is 0.591. The van der Waals surface area contributed by atoms with Gasteiger partial charge in [-0.1, -0.05) is 25.5 Å². The number of amides is 1. The summed E-state index contributed by atoms with van der Waals surface area (Å²) in [5, 5.41) is 13.3. The standard InChI is InChI=1S/C22H29IN2O5/c1-2-3-4-20(27)25-14-18(26)22(21(28)29,19-13-24-9-10-30-19)12-17(25)11-15-5-7-16(23)8-6-15/h5-8,17,19,24H,2-4,9-14H2,1H3,(H,28,29). The number of hydrogen-bond acceptors (Lipinski definition) is 5. The van der Waals surface area contributed by atoms with Crippen molar-refractivity contribution in [2.45, 2.75) is 51.2 Å². The first kappa shape index (κ1) is 23.1. The Balaban J connectivity index is 1.92. The summed E-state index contributed by atoms with van der Waals surface area (Å²) in [5.74, 6) is -1.68. The molecule has 3 atom stereocenters. The molecule has 30 heavy (non-hydrogen) atoms. The van der Waals surface area contributed by atoms with E-state index in [-0.39, 0.29) is 24.9 Å². The summed E-state index contributed by atoms with van der Waals surface area (Å²) >= 11 is 2.23. The Morgan fingerprint density at radius 1 is 1.33 bits per heavy atom. The van der Waals surface area contributed by atoms with Crippen molar-refractivity contribution in [2.24, 2.45) is 5.41 Å². The number of likely N-dealkylation sites (tertiary alicyclic amines) is 1. The number of carboxylic acid groups (broad SMARTS) is 1. The summed E-state index contributed by atoms with van der Waals surface area (Å²) < 4.78 is 6.86. The van der Waals surface area contributed by atoms with E-state index in [1.54, 1.807) is 4.90 Å². The van der Waals surface area contributed by atoms with Crippen molar-refractivity contribution in [3.63, 3.8) is 0 Å². The summed E-state index contributed by atoms with van der Waals surface area (Å²) in [6, 6.07) is 7.60. The number of carbonyl (C=O) groups is 3. The van der Waals surface area contributed by atoms with E-state index in [4.69, 9.17) is 4.74 Å². The van der Waals surface area contributed by atoms with Gasteiger partial charge in [-0.05, 0) is 59.5 Å². The SMILES string of the molecule is CCCCC(=O)N1CC(=O)C(C(=O)O)(C2CNCCO2)CC1Cc1ccc(I)cc1. The molecule has 0 spiro atoms. The number of aliphatic carboxylic acids is 1. The van der Waals surface area contributed by atoms with E-state index < -0.39 is 23.3 Å². The predicted molar refractivity (Wildman–Crippen MR) is 120 cm³/mol. The summed E-state index contributed by atoms with van der Waals surface area (Å²) in [6.45, 7) is 3.16. The smallest absolute Gasteiger partial charge is 0.320 e. The Morgan fingerprint density at radius 3 is 2.67 bits per heavy atom. The van der Waals surface area contributed by atoms with Gasteiger partial charge in [-0.15, -0.1) is 0 Å². The van der Waals surface area contributed by atoms with Crippen LogP contribution < -0.4 is 5.32 Å². The minimum absolute atomic E-state index is 0.0668. The van der Waals surface area contributed by atoms with Gasteiger partial charge in [0.05, 0.1) is 19.3 Å². The zero-order chi connectivity index (χ0) is 21.7. The van der Waals surface area contributed by atoms with Crippen LogP contribution >= 0.6 is 22.6 Å². The van der Waals surface area contributed by atoms with E-state index in [9.17, 15) is 19.5 Å². The van der Waals surface area contributed by atoms with Gasteiger partial charge in [0.25, 0.3) is 0 Å². The Bertz CT molecular complexity index is 778. The van der Waals surface area contributed by atoms with Crippen molar-refractivity contribution in [3.8, 4) is 0 Å². The maximum Gasteiger partial charge on any atom is 0.320 e. The molecule has 0 saturated carbocycles. The van der Waals surface area contributed by atoms with E-state index in [1.165, 1.54) is 0 Å². The van der Waals surface area contributed by atoms with Crippen molar-refractivity contribution in [1.29, 1.82) is 0 Å². The molecule has 1 amide bonds. The van der Waals surface area contributed by atoms with E-state index in [0.29, 0.717) is 32.5 Å². The van der Waals surface area contributed by atoms with Crippen LogP contribution in [0.1, 0.15) is 38.2 Å². The molecule has 7 nitrogen and oxygen atoms in total. The van der Waals surface area contributed by atoms with Crippen molar-refractivity contribution < 1.29 is 24.2 Å². The highest BCUT2D eigenvalue weighted by Gasteiger charge is 2.58. The lowest BCUT2D eigenvalue weighted by molar-refractivity contribution is -0.178. The molecule has 0 aromatic heterocycles.